The van der Waals surface area contributed by atoms with Gasteiger partial charge in [-0.25, -0.2) is 0 Å². The van der Waals surface area contributed by atoms with E-state index in [9.17, 15) is 4.79 Å². The Morgan fingerprint density at radius 3 is 2.74 bits per heavy atom. The van der Waals surface area contributed by atoms with Crippen molar-refractivity contribution in [2.24, 2.45) is 11.1 Å². The van der Waals surface area contributed by atoms with Gasteiger partial charge in [0.1, 0.15) is 0 Å². The van der Waals surface area contributed by atoms with Crippen molar-refractivity contribution in [3.8, 4) is 0 Å². The summed E-state index contributed by atoms with van der Waals surface area (Å²) in [4.78, 5) is 19.0. The minimum atomic E-state index is -0.0390. The summed E-state index contributed by atoms with van der Waals surface area (Å²) in [7, 11) is 1.81. The number of likely N-dealkylation sites (N-methyl/N-ethyl adjacent to an activating group) is 1. The number of rotatable bonds is 4. The first-order valence-corrected chi connectivity index (χ1v) is 6.61. The number of oxime groups is 1. The molecule has 0 bridgehead atoms. The largest absolute Gasteiger partial charge is 0.390 e. The van der Waals surface area contributed by atoms with Gasteiger partial charge in [-0.3, -0.25) is 4.79 Å². The standard InChI is InChI=1S/C15H20N2O2/c1-11(2)15(18)17(3)10-13-9-14(16-19-13)12-7-5-4-6-8-12/h4-8,11,13H,9-10H2,1-3H3/t13-/m0/s1. The lowest BCUT2D eigenvalue weighted by atomic mass is 10.0. The van der Waals surface area contributed by atoms with E-state index in [4.69, 9.17) is 4.84 Å². The molecule has 4 heteroatoms. The number of hydrogen-bond acceptors (Lipinski definition) is 3. The molecule has 0 unspecified atom stereocenters. The highest BCUT2D eigenvalue weighted by Gasteiger charge is 2.25. The number of benzene rings is 1. The summed E-state index contributed by atoms with van der Waals surface area (Å²) in [5.41, 5.74) is 2.04. The molecule has 0 radical (unpaired) electrons. The average Bonchev–Trinajstić information content (AvgIpc) is 2.87. The zero-order valence-electron chi connectivity index (χ0n) is 11.7. The van der Waals surface area contributed by atoms with Crippen LogP contribution in [-0.2, 0) is 9.63 Å². The highest BCUT2D eigenvalue weighted by molar-refractivity contribution is 6.01. The fourth-order valence-electron chi connectivity index (χ4n) is 2.16. The van der Waals surface area contributed by atoms with Gasteiger partial charge in [-0.2, -0.15) is 0 Å². The van der Waals surface area contributed by atoms with E-state index in [1.807, 2.05) is 51.2 Å². The molecule has 1 aliphatic heterocycles. The van der Waals surface area contributed by atoms with Crippen molar-refractivity contribution in [2.45, 2.75) is 26.4 Å². The summed E-state index contributed by atoms with van der Waals surface area (Å²) >= 11 is 0. The molecular formula is C15H20N2O2. The molecule has 102 valence electrons. The SMILES string of the molecule is CC(C)C(=O)N(C)C[C@@H]1CC(c2ccccc2)=NO1. The zero-order chi connectivity index (χ0) is 13.8. The van der Waals surface area contributed by atoms with Crippen LogP contribution < -0.4 is 0 Å². The summed E-state index contributed by atoms with van der Waals surface area (Å²) in [6.07, 6.45) is 0.711. The Kier molecular flexibility index (Phi) is 4.20. The molecule has 0 spiro atoms. The van der Waals surface area contributed by atoms with Gasteiger partial charge in [0, 0.05) is 19.4 Å². The van der Waals surface area contributed by atoms with Crippen LogP contribution in [0.3, 0.4) is 0 Å². The third-order valence-electron chi connectivity index (χ3n) is 3.19. The highest BCUT2D eigenvalue weighted by Crippen LogP contribution is 2.17. The van der Waals surface area contributed by atoms with Crippen molar-refractivity contribution in [2.75, 3.05) is 13.6 Å². The monoisotopic (exact) mass is 260 g/mol. The van der Waals surface area contributed by atoms with Gasteiger partial charge in [0.2, 0.25) is 5.91 Å². The first-order chi connectivity index (χ1) is 9.08. The Bertz CT molecular complexity index is 468. The van der Waals surface area contributed by atoms with E-state index in [-0.39, 0.29) is 17.9 Å². The molecule has 1 atom stereocenters. The van der Waals surface area contributed by atoms with Crippen molar-refractivity contribution >= 4 is 11.6 Å². The second kappa shape index (κ2) is 5.87. The lowest BCUT2D eigenvalue weighted by Crippen LogP contribution is -2.36. The molecular weight excluding hydrogens is 240 g/mol. The van der Waals surface area contributed by atoms with E-state index in [1.54, 1.807) is 4.90 Å². The second-order valence-corrected chi connectivity index (χ2v) is 5.21. The topological polar surface area (TPSA) is 41.9 Å². The van der Waals surface area contributed by atoms with Crippen molar-refractivity contribution in [3.05, 3.63) is 35.9 Å². The highest BCUT2D eigenvalue weighted by atomic mass is 16.6. The van der Waals surface area contributed by atoms with Crippen LogP contribution in [0.1, 0.15) is 25.8 Å². The van der Waals surface area contributed by atoms with Crippen molar-refractivity contribution in [1.29, 1.82) is 0 Å². The van der Waals surface area contributed by atoms with Gasteiger partial charge >= 0.3 is 0 Å². The number of carbonyl (C=O) groups excluding carboxylic acids is 1. The van der Waals surface area contributed by atoms with E-state index < -0.39 is 0 Å². The van der Waals surface area contributed by atoms with Gasteiger partial charge in [-0.05, 0) is 5.56 Å². The van der Waals surface area contributed by atoms with E-state index in [1.165, 1.54) is 0 Å². The maximum atomic E-state index is 11.8. The maximum absolute atomic E-state index is 11.8. The van der Waals surface area contributed by atoms with Gasteiger partial charge in [0.05, 0.1) is 12.3 Å². The molecule has 2 rings (SSSR count). The molecule has 1 heterocycles. The fraction of sp³-hybridized carbons (Fsp3) is 0.467. The maximum Gasteiger partial charge on any atom is 0.224 e. The van der Waals surface area contributed by atoms with Crippen LogP contribution in [0.5, 0.6) is 0 Å². The van der Waals surface area contributed by atoms with Crippen molar-refractivity contribution in [3.63, 3.8) is 0 Å². The minimum absolute atomic E-state index is 0.0147. The van der Waals surface area contributed by atoms with Crippen molar-refractivity contribution in [1.82, 2.24) is 4.90 Å². The summed E-state index contributed by atoms with van der Waals surface area (Å²) in [5.74, 6) is 0.151. The normalized spacial score (nSPS) is 18.1. The number of amides is 1. The van der Waals surface area contributed by atoms with E-state index in [2.05, 4.69) is 5.16 Å². The molecule has 19 heavy (non-hydrogen) atoms. The molecule has 0 saturated carbocycles. The minimum Gasteiger partial charge on any atom is -0.390 e. The average molecular weight is 260 g/mol. The van der Waals surface area contributed by atoms with E-state index in [0.29, 0.717) is 6.54 Å². The number of nitrogens with zero attached hydrogens (tertiary/aromatic N) is 2. The van der Waals surface area contributed by atoms with Gasteiger partial charge in [0.25, 0.3) is 0 Å². The Morgan fingerprint density at radius 2 is 2.11 bits per heavy atom. The summed E-state index contributed by atoms with van der Waals surface area (Å²) in [6, 6.07) is 9.99. The predicted octanol–water partition coefficient (Wildman–Crippen LogP) is 2.29. The summed E-state index contributed by atoms with van der Waals surface area (Å²) < 4.78 is 0. The second-order valence-electron chi connectivity index (χ2n) is 5.21. The van der Waals surface area contributed by atoms with E-state index >= 15 is 0 Å². The molecule has 0 fully saturated rings. The van der Waals surface area contributed by atoms with Crippen LogP contribution in [0.4, 0.5) is 0 Å². The van der Waals surface area contributed by atoms with Gasteiger partial charge in [0.15, 0.2) is 6.10 Å². The number of carbonyl (C=O) groups is 1. The molecule has 0 aliphatic carbocycles. The van der Waals surface area contributed by atoms with Crippen LogP contribution in [0.25, 0.3) is 0 Å². The number of hydrogen-bond donors (Lipinski definition) is 0. The van der Waals surface area contributed by atoms with Gasteiger partial charge in [-0.15, -0.1) is 0 Å². The smallest absolute Gasteiger partial charge is 0.224 e. The van der Waals surface area contributed by atoms with Crippen LogP contribution >= 0.6 is 0 Å². The third kappa shape index (κ3) is 3.34. The van der Waals surface area contributed by atoms with Gasteiger partial charge in [-0.1, -0.05) is 49.3 Å². The van der Waals surface area contributed by atoms with Gasteiger partial charge < -0.3 is 9.74 Å². The molecule has 0 aromatic heterocycles. The molecule has 1 aromatic carbocycles. The predicted molar refractivity (Wildman–Crippen MR) is 74.9 cm³/mol. The molecule has 4 nitrogen and oxygen atoms in total. The Labute approximate surface area is 114 Å². The van der Waals surface area contributed by atoms with Crippen LogP contribution in [0.15, 0.2) is 35.5 Å². The quantitative estimate of drug-likeness (QED) is 0.833. The third-order valence-corrected chi connectivity index (χ3v) is 3.19. The molecule has 0 N–H and O–H groups in total. The lowest BCUT2D eigenvalue weighted by Gasteiger charge is -2.21. The van der Waals surface area contributed by atoms with Crippen LogP contribution in [0, 0.1) is 5.92 Å². The zero-order valence-corrected chi connectivity index (χ0v) is 11.7. The molecule has 1 amide bonds. The summed E-state index contributed by atoms with van der Waals surface area (Å²) in [5, 5.41) is 4.12. The molecule has 1 aromatic rings. The van der Waals surface area contributed by atoms with Crippen LogP contribution in [0.2, 0.25) is 0 Å². The molecule has 1 aliphatic rings. The first kappa shape index (κ1) is 13.6. The fourth-order valence-corrected chi connectivity index (χ4v) is 2.16. The first-order valence-electron chi connectivity index (χ1n) is 6.61. The van der Waals surface area contributed by atoms with Crippen molar-refractivity contribution < 1.29 is 9.63 Å². The Hall–Kier alpha value is -1.84. The molecule has 0 saturated heterocycles. The van der Waals surface area contributed by atoms with Crippen LogP contribution in [-0.4, -0.2) is 36.2 Å². The Balaban J connectivity index is 1.90. The van der Waals surface area contributed by atoms with E-state index in [0.717, 1.165) is 17.7 Å². The lowest BCUT2D eigenvalue weighted by molar-refractivity contribution is -0.134. The Morgan fingerprint density at radius 1 is 1.42 bits per heavy atom. The summed E-state index contributed by atoms with van der Waals surface area (Å²) in [6.45, 7) is 4.39.